The quantitative estimate of drug-likeness (QED) is 0.570. The van der Waals surface area contributed by atoms with E-state index in [9.17, 15) is 9.59 Å². The Balaban J connectivity index is 1.45. The van der Waals surface area contributed by atoms with Crippen molar-refractivity contribution >= 4 is 11.7 Å². The van der Waals surface area contributed by atoms with Crippen LogP contribution in [0.2, 0.25) is 0 Å². The summed E-state index contributed by atoms with van der Waals surface area (Å²) in [7, 11) is 0. The molecule has 5 heteroatoms. The van der Waals surface area contributed by atoms with Gasteiger partial charge < -0.3 is 15.1 Å². The maximum Gasteiger partial charge on any atom is 0.275 e. The molecule has 3 rings (SSSR count). The molecule has 1 fully saturated rings. The third-order valence-electron chi connectivity index (χ3n) is 5.89. The molecule has 0 spiro atoms. The van der Waals surface area contributed by atoms with Gasteiger partial charge in [0.05, 0.1) is 6.04 Å². The SMILES string of the molecule is CC(=O)[C@@H](Cc1ccccc1)NC(=O)C[NH+]1CC[NH+](Cc2ccccc2C)CC1. The predicted octanol–water partition coefficient (Wildman–Crippen LogP) is -0.405. The van der Waals surface area contributed by atoms with Gasteiger partial charge in [0.2, 0.25) is 0 Å². The topological polar surface area (TPSA) is 55.0 Å². The Morgan fingerprint density at radius 3 is 2.21 bits per heavy atom. The minimum atomic E-state index is -0.447. The van der Waals surface area contributed by atoms with Crippen molar-refractivity contribution in [1.29, 1.82) is 0 Å². The van der Waals surface area contributed by atoms with Gasteiger partial charge in [-0.05, 0) is 31.4 Å². The van der Waals surface area contributed by atoms with E-state index in [1.165, 1.54) is 16.0 Å². The first kappa shape index (κ1) is 21.2. The molecule has 0 aliphatic carbocycles. The monoisotopic (exact) mass is 395 g/mol. The summed E-state index contributed by atoms with van der Waals surface area (Å²) in [5.41, 5.74) is 3.82. The van der Waals surface area contributed by atoms with Gasteiger partial charge in [-0.1, -0.05) is 54.6 Å². The Hall–Kier alpha value is -2.50. The van der Waals surface area contributed by atoms with E-state index >= 15 is 0 Å². The van der Waals surface area contributed by atoms with Gasteiger partial charge in [-0.25, -0.2) is 0 Å². The number of benzene rings is 2. The normalized spacial score (nSPS) is 20.1. The molecule has 1 atom stereocenters. The van der Waals surface area contributed by atoms with Crippen molar-refractivity contribution in [2.24, 2.45) is 0 Å². The Kier molecular flexibility index (Phi) is 7.55. The number of carbonyl (C=O) groups excluding carboxylic acids is 2. The molecule has 3 N–H and O–H groups in total. The summed E-state index contributed by atoms with van der Waals surface area (Å²) in [5, 5.41) is 2.95. The number of aryl methyl sites for hydroxylation is 1. The van der Waals surface area contributed by atoms with Crippen LogP contribution in [0.5, 0.6) is 0 Å². The first-order valence-corrected chi connectivity index (χ1v) is 10.6. The average molecular weight is 396 g/mol. The average Bonchev–Trinajstić information content (AvgIpc) is 2.71. The molecule has 0 bridgehead atoms. The summed E-state index contributed by atoms with van der Waals surface area (Å²) in [5.74, 6) is -0.0248. The molecule has 5 nitrogen and oxygen atoms in total. The van der Waals surface area contributed by atoms with Crippen molar-refractivity contribution in [3.8, 4) is 0 Å². The largest absolute Gasteiger partial charge is 0.341 e. The molecule has 2 aromatic carbocycles. The number of Topliss-reactive ketones (excluding diaryl/α,β-unsaturated/α-hetero) is 1. The summed E-state index contributed by atoms with van der Waals surface area (Å²) in [6, 6.07) is 18.0. The Morgan fingerprint density at radius 1 is 0.931 bits per heavy atom. The second-order valence-corrected chi connectivity index (χ2v) is 8.20. The highest BCUT2D eigenvalue weighted by molar-refractivity contribution is 5.88. The lowest BCUT2D eigenvalue weighted by Gasteiger charge is -2.30. The van der Waals surface area contributed by atoms with Gasteiger partial charge in [-0.3, -0.25) is 9.59 Å². The van der Waals surface area contributed by atoms with Gasteiger partial charge in [-0.15, -0.1) is 0 Å². The molecule has 1 aliphatic rings. The smallest absolute Gasteiger partial charge is 0.275 e. The molecule has 154 valence electrons. The number of ketones is 1. The highest BCUT2D eigenvalue weighted by atomic mass is 16.2. The van der Waals surface area contributed by atoms with E-state index in [0.717, 1.165) is 38.3 Å². The van der Waals surface area contributed by atoms with Crippen molar-refractivity contribution in [3.63, 3.8) is 0 Å². The number of quaternary nitrogens is 2. The Labute approximate surface area is 173 Å². The van der Waals surface area contributed by atoms with E-state index in [-0.39, 0.29) is 11.7 Å². The number of carbonyl (C=O) groups is 2. The second-order valence-electron chi connectivity index (χ2n) is 8.20. The zero-order valence-corrected chi connectivity index (χ0v) is 17.5. The number of amides is 1. The van der Waals surface area contributed by atoms with E-state index in [2.05, 4.69) is 36.5 Å². The van der Waals surface area contributed by atoms with Crippen LogP contribution in [0.3, 0.4) is 0 Å². The summed E-state index contributed by atoms with van der Waals surface area (Å²) < 4.78 is 0. The van der Waals surface area contributed by atoms with Crippen LogP contribution >= 0.6 is 0 Å². The highest BCUT2D eigenvalue weighted by Gasteiger charge is 2.26. The zero-order chi connectivity index (χ0) is 20.6. The molecule has 0 radical (unpaired) electrons. The van der Waals surface area contributed by atoms with Crippen molar-refractivity contribution in [2.75, 3.05) is 32.7 Å². The van der Waals surface area contributed by atoms with Crippen molar-refractivity contribution in [1.82, 2.24) is 5.32 Å². The van der Waals surface area contributed by atoms with Crippen LogP contribution in [0.4, 0.5) is 0 Å². The molecule has 29 heavy (non-hydrogen) atoms. The standard InChI is InChI=1S/C24H31N3O2/c1-19-8-6-7-11-22(19)17-26-12-14-27(15-13-26)18-24(29)25-23(20(2)28)16-21-9-4-3-5-10-21/h3-11,23H,12-18H2,1-2H3,(H,25,29)/p+2/t23-/m1/s1. The minimum absolute atomic E-state index is 0.00435. The summed E-state index contributed by atoms with van der Waals surface area (Å²) >= 11 is 0. The summed E-state index contributed by atoms with van der Waals surface area (Å²) in [6.07, 6.45) is 0.547. The van der Waals surface area contributed by atoms with Crippen LogP contribution in [-0.4, -0.2) is 50.5 Å². The number of nitrogens with one attached hydrogen (secondary N) is 3. The van der Waals surface area contributed by atoms with E-state index in [1.54, 1.807) is 11.8 Å². The number of piperazine rings is 1. The fraction of sp³-hybridized carbons (Fsp3) is 0.417. The minimum Gasteiger partial charge on any atom is -0.341 e. The van der Waals surface area contributed by atoms with E-state index in [0.29, 0.717) is 13.0 Å². The maximum absolute atomic E-state index is 12.5. The Morgan fingerprint density at radius 2 is 1.55 bits per heavy atom. The van der Waals surface area contributed by atoms with Gasteiger partial charge in [0, 0.05) is 5.56 Å². The Bertz CT molecular complexity index is 814. The zero-order valence-electron chi connectivity index (χ0n) is 17.5. The van der Waals surface area contributed by atoms with Gasteiger partial charge in [0.25, 0.3) is 5.91 Å². The molecule has 1 saturated heterocycles. The molecule has 2 aromatic rings. The number of hydrogen-bond donors (Lipinski definition) is 3. The van der Waals surface area contributed by atoms with Crippen molar-refractivity contribution in [2.45, 2.75) is 32.9 Å². The first-order valence-electron chi connectivity index (χ1n) is 10.6. The van der Waals surface area contributed by atoms with Crippen LogP contribution in [-0.2, 0) is 22.6 Å². The fourth-order valence-electron chi connectivity index (χ4n) is 4.01. The summed E-state index contributed by atoms with van der Waals surface area (Å²) in [4.78, 5) is 27.4. The maximum atomic E-state index is 12.5. The number of hydrogen-bond acceptors (Lipinski definition) is 2. The second kappa shape index (κ2) is 10.3. The van der Waals surface area contributed by atoms with Crippen LogP contribution in [0.1, 0.15) is 23.6 Å². The molecule has 1 heterocycles. The molecule has 0 saturated carbocycles. The molecule has 1 aliphatic heterocycles. The van der Waals surface area contributed by atoms with E-state index in [4.69, 9.17) is 0 Å². The van der Waals surface area contributed by atoms with Gasteiger partial charge in [-0.2, -0.15) is 0 Å². The molecule has 0 aromatic heterocycles. The number of rotatable bonds is 8. The van der Waals surface area contributed by atoms with Crippen LogP contribution in [0.25, 0.3) is 0 Å². The lowest BCUT2D eigenvalue weighted by Crippen LogP contribution is -3.28. The third-order valence-corrected chi connectivity index (χ3v) is 5.89. The lowest BCUT2D eigenvalue weighted by atomic mass is 10.0. The van der Waals surface area contributed by atoms with E-state index in [1.807, 2.05) is 30.3 Å². The van der Waals surface area contributed by atoms with Crippen LogP contribution < -0.4 is 15.1 Å². The summed E-state index contributed by atoms with van der Waals surface area (Å²) in [6.45, 7) is 9.31. The van der Waals surface area contributed by atoms with Gasteiger partial charge in [0.1, 0.15) is 32.7 Å². The molecular weight excluding hydrogens is 362 g/mol. The molecule has 0 unspecified atom stereocenters. The molecular formula is C24H33N3O2+2. The fourth-order valence-corrected chi connectivity index (χ4v) is 4.01. The lowest BCUT2D eigenvalue weighted by molar-refractivity contribution is -1.02. The van der Waals surface area contributed by atoms with Crippen molar-refractivity contribution < 1.29 is 19.4 Å². The van der Waals surface area contributed by atoms with Crippen LogP contribution in [0.15, 0.2) is 54.6 Å². The van der Waals surface area contributed by atoms with Gasteiger partial charge >= 0.3 is 0 Å². The van der Waals surface area contributed by atoms with Gasteiger partial charge in [0.15, 0.2) is 12.3 Å². The van der Waals surface area contributed by atoms with E-state index < -0.39 is 6.04 Å². The highest BCUT2D eigenvalue weighted by Crippen LogP contribution is 2.05. The van der Waals surface area contributed by atoms with Crippen molar-refractivity contribution in [3.05, 3.63) is 71.3 Å². The molecule has 1 amide bonds. The predicted molar refractivity (Wildman–Crippen MR) is 114 cm³/mol. The van der Waals surface area contributed by atoms with Crippen LogP contribution in [0, 0.1) is 6.92 Å². The third kappa shape index (κ3) is 6.51. The first-order chi connectivity index (χ1) is 14.0.